The third-order valence-electron chi connectivity index (χ3n) is 4.77. The summed E-state index contributed by atoms with van der Waals surface area (Å²) in [5, 5.41) is 1.26. The van der Waals surface area contributed by atoms with Crippen molar-refractivity contribution in [1.82, 2.24) is 9.88 Å². The number of nitrogens with one attached hydrogen (secondary N) is 1. The second kappa shape index (κ2) is 7.35. The van der Waals surface area contributed by atoms with Gasteiger partial charge in [0.2, 0.25) is 5.91 Å². The van der Waals surface area contributed by atoms with Crippen LogP contribution in [0.2, 0.25) is 0 Å². The van der Waals surface area contributed by atoms with Crippen molar-refractivity contribution in [2.24, 2.45) is 0 Å². The molecule has 0 bridgehead atoms. The second-order valence-electron chi connectivity index (χ2n) is 6.30. The molecule has 0 aliphatic heterocycles. The Morgan fingerprint density at radius 3 is 2.58 bits per heavy atom. The number of benzene rings is 2. The van der Waals surface area contributed by atoms with Gasteiger partial charge in [-0.2, -0.15) is 0 Å². The number of aromatic nitrogens is 1. The molecule has 0 saturated heterocycles. The maximum absolute atomic E-state index is 12.5. The predicted molar refractivity (Wildman–Crippen MR) is 98.9 cm³/mol. The Morgan fingerprint density at radius 2 is 1.79 bits per heavy atom. The number of carbonyl (C=O) groups is 1. The van der Waals surface area contributed by atoms with Crippen molar-refractivity contribution in [2.45, 2.75) is 32.2 Å². The third kappa shape index (κ3) is 3.51. The van der Waals surface area contributed by atoms with Gasteiger partial charge >= 0.3 is 0 Å². The van der Waals surface area contributed by atoms with Crippen LogP contribution in [0.5, 0.6) is 0 Å². The summed E-state index contributed by atoms with van der Waals surface area (Å²) in [7, 11) is 1.89. The van der Waals surface area contributed by atoms with Crippen molar-refractivity contribution >= 4 is 16.8 Å². The first-order valence-electron chi connectivity index (χ1n) is 8.52. The van der Waals surface area contributed by atoms with Crippen LogP contribution in [0.25, 0.3) is 10.9 Å². The lowest BCUT2D eigenvalue weighted by atomic mass is 10.0. The number of rotatable bonds is 6. The van der Waals surface area contributed by atoms with Crippen LogP contribution in [0.3, 0.4) is 0 Å². The molecule has 1 atom stereocenters. The number of para-hydroxylation sites is 1. The van der Waals surface area contributed by atoms with Crippen LogP contribution in [0, 0.1) is 0 Å². The zero-order valence-corrected chi connectivity index (χ0v) is 14.3. The number of fused-ring (bicyclic) bond motifs is 1. The summed E-state index contributed by atoms with van der Waals surface area (Å²) in [6.45, 7) is 2.08. The average molecular weight is 320 g/mol. The minimum Gasteiger partial charge on any atom is -0.361 e. The van der Waals surface area contributed by atoms with E-state index in [1.807, 2.05) is 36.2 Å². The normalized spacial score (nSPS) is 12.2. The van der Waals surface area contributed by atoms with Gasteiger partial charge in [-0.3, -0.25) is 4.79 Å². The number of amides is 1. The molecule has 1 amide bonds. The molecule has 0 spiro atoms. The van der Waals surface area contributed by atoms with Crippen molar-refractivity contribution in [3.8, 4) is 0 Å². The number of nitrogens with zero attached hydrogens (tertiary/aromatic N) is 1. The summed E-state index contributed by atoms with van der Waals surface area (Å²) in [5.74, 6) is 0.200. The van der Waals surface area contributed by atoms with Gasteiger partial charge < -0.3 is 9.88 Å². The fourth-order valence-electron chi connectivity index (χ4n) is 3.12. The van der Waals surface area contributed by atoms with Gasteiger partial charge in [-0.1, -0.05) is 48.5 Å². The van der Waals surface area contributed by atoms with E-state index in [2.05, 4.69) is 48.4 Å². The molecule has 1 heterocycles. The van der Waals surface area contributed by atoms with E-state index >= 15 is 0 Å². The van der Waals surface area contributed by atoms with Crippen LogP contribution >= 0.6 is 0 Å². The summed E-state index contributed by atoms with van der Waals surface area (Å²) >= 11 is 0. The first-order chi connectivity index (χ1) is 11.7. The van der Waals surface area contributed by atoms with E-state index < -0.39 is 0 Å². The summed E-state index contributed by atoms with van der Waals surface area (Å²) in [6, 6.07) is 18.6. The minimum absolute atomic E-state index is 0.104. The van der Waals surface area contributed by atoms with Gasteiger partial charge in [0.25, 0.3) is 0 Å². The fourth-order valence-corrected chi connectivity index (χ4v) is 3.12. The third-order valence-corrected chi connectivity index (χ3v) is 4.77. The first-order valence-corrected chi connectivity index (χ1v) is 8.52. The highest BCUT2D eigenvalue weighted by atomic mass is 16.2. The van der Waals surface area contributed by atoms with Crippen LogP contribution in [0.4, 0.5) is 0 Å². The highest BCUT2D eigenvalue weighted by molar-refractivity contribution is 5.83. The number of aryl methyl sites for hydroxylation is 1. The quantitative estimate of drug-likeness (QED) is 0.701. The zero-order chi connectivity index (χ0) is 16.9. The first kappa shape index (κ1) is 16.3. The maximum Gasteiger partial charge on any atom is 0.222 e. The lowest BCUT2D eigenvalue weighted by Crippen LogP contribution is -2.29. The molecule has 0 aliphatic carbocycles. The molecule has 2 aromatic carbocycles. The molecule has 3 rings (SSSR count). The fraction of sp³-hybridized carbons (Fsp3) is 0.286. The van der Waals surface area contributed by atoms with E-state index in [1.54, 1.807) is 0 Å². The molecule has 3 nitrogen and oxygen atoms in total. The van der Waals surface area contributed by atoms with Gasteiger partial charge in [-0.25, -0.2) is 0 Å². The number of hydrogen-bond acceptors (Lipinski definition) is 1. The maximum atomic E-state index is 12.5. The molecule has 3 heteroatoms. The minimum atomic E-state index is 0.104. The van der Waals surface area contributed by atoms with E-state index in [1.165, 1.54) is 16.5 Å². The summed E-state index contributed by atoms with van der Waals surface area (Å²) < 4.78 is 0. The van der Waals surface area contributed by atoms with Crippen LogP contribution in [0.1, 0.15) is 36.9 Å². The van der Waals surface area contributed by atoms with Gasteiger partial charge in [0.1, 0.15) is 0 Å². The molecule has 0 fully saturated rings. The smallest absolute Gasteiger partial charge is 0.222 e. The highest BCUT2D eigenvalue weighted by Crippen LogP contribution is 2.21. The average Bonchev–Trinajstić information content (AvgIpc) is 3.04. The summed E-state index contributed by atoms with van der Waals surface area (Å²) in [6.07, 6.45) is 4.43. The van der Waals surface area contributed by atoms with Crippen molar-refractivity contribution in [1.29, 1.82) is 0 Å². The Kier molecular flexibility index (Phi) is 4.99. The molecular formula is C21H24N2O. The van der Waals surface area contributed by atoms with E-state index in [0.29, 0.717) is 6.42 Å². The Morgan fingerprint density at radius 1 is 1.08 bits per heavy atom. The predicted octanol–water partition coefficient (Wildman–Crippen LogP) is 4.71. The van der Waals surface area contributed by atoms with Crippen molar-refractivity contribution < 1.29 is 4.79 Å². The molecule has 24 heavy (non-hydrogen) atoms. The van der Waals surface area contributed by atoms with Crippen LogP contribution < -0.4 is 0 Å². The SMILES string of the molecule is C[C@@H](c1ccccc1)N(C)C(=O)CCCc1c[nH]c2ccccc12. The molecule has 1 aromatic heterocycles. The van der Waals surface area contributed by atoms with Gasteiger partial charge in [-0.05, 0) is 37.0 Å². The van der Waals surface area contributed by atoms with Gasteiger partial charge in [0, 0.05) is 30.6 Å². The standard InChI is InChI=1S/C21H24N2O/c1-16(17-9-4-3-5-10-17)23(2)21(24)14-8-11-18-15-22-20-13-7-6-12-19(18)20/h3-7,9-10,12-13,15-16,22H,8,11,14H2,1-2H3/t16-/m0/s1. The van der Waals surface area contributed by atoms with Crippen molar-refractivity contribution in [3.05, 3.63) is 71.9 Å². The monoisotopic (exact) mass is 320 g/mol. The Hall–Kier alpha value is -2.55. The number of aromatic amines is 1. The zero-order valence-electron chi connectivity index (χ0n) is 14.3. The molecule has 124 valence electrons. The second-order valence-corrected chi connectivity index (χ2v) is 6.30. The van der Waals surface area contributed by atoms with E-state index in [-0.39, 0.29) is 11.9 Å². The van der Waals surface area contributed by atoms with Gasteiger partial charge in [0.05, 0.1) is 6.04 Å². The summed E-state index contributed by atoms with van der Waals surface area (Å²) in [4.78, 5) is 17.6. The van der Waals surface area contributed by atoms with Crippen LogP contribution in [0.15, 0.2) is 60.8 Å². The Labute approximate surface area is 143 Å². The summed E-state index contributed by atoms with van der Waals surface area (Å²) in [5.41, 5.74) is 3.62. The highest BCUT2D eigenvalue weighted by Gasteiger charge is 2.16. The largest absolute Gasteiger partial charge is 0.361 e. The number of H-pyrrole nitrogens is 1. The Bertz CT molecular complexity index is 807. The van der Waals surface area contributed by atoms with E-state index in [9.17, 15) is 4.79 Å². The van der Waals surface area contributed by atoms with Crippen molar-refractivity contribution in [2.75, 3.05) is 7.05 Å². The van der Waals surface area contributed by atoms with Crippen molar-refractivity contribution in [3.63, 3.8) is 0 Å². The number of carbonyl (C=O) groups excluding carboxylic acids is 1. The molecule has 0 aliphatic rings. The topological polar surface area (TPSA) is 36.1 Å². The molecular weight excluding hydrogens is 296 g/mol. The van der Waals surface area contributed by atoms with Crippen LogP contribution in [-0.4, -0.2) is 22.8 Å². The molecule has 0 saturated carbocycles. The lowest BCUT2D eigenvalue weighted by molar-refractivity contribution is -0.131. The molecule has 1 N–H and O–H groups in total. The Balaban J connectivity index is 1.55. The van der Waals surface area contributed by atoms with Gasteiger partial charge in [-0.15, -0.1) is 0 Å². The van der Waals surface area contributed by atoms with E-state index in [0.717, 1.165) is 18.4 Å². The molecule has 0 radical (unpaired) electrons. The molecule has 3 aromatic rings. The van der Waals surface area contributed by atoms with E-state index in [4.69, 9.17) is 0 Å². The van der Waals surface area contributed by atoms with Gasteiger partial charge in [0.15, 0.2) is 0 Å². The lowest BCUT2D eigenvalue weighted by Gasteiger charge is -2.25. The van der Waals surface area contributed by atoms with Crippen LogP contribution in [-0.2, 0) is 11.2 Å². The number of hydrogen-bond donors (Lipinski definition) is 1. The molecule has 0 unspecified atom stereocenters.